The number of rotatable bonds is 0. The van der Waals surface area contributed by atoms with Crippen LogP contribution in [0.25, 0.3) is 0 Å². The highest BCUT2D eigenvalue weighted by atomic mass is 32.2. The zero-order valence-corrected chi connectivity index (χ0v) is 7.58. The van der Waals surface area contributed by atoms with Gasteiger partial charge >= 0.3 is 0 Å². The number of aliphatic hydroxyl groups is 3. The van der Waals surface area contributed by atoms with Crippen LogP contribution in [0.5, 0.6) is 0 Å². The van der Waals surface area contributed by atoms with Crippen molar-refractivity contribution in [3.63, 3.8) is 0 Å². The minimum Gasteiger partial charge on any atom is -0.387 e. The molecule has 4 heteroatoms. The van der Waals surface area contributed by atoms with E-state index >= 15 is 0 Å². The van der Waals surface area contributed by atoms with E-state index in [0.717, 1.165) is 0 Å². The minimum atomic E-state index is -0.950. The van der Waals surface area contributed by atoms with Gasteiger partial charge in [-0.3, -0.25) is 0 Å². The van der Waals surface area contributed by atoms with E-state index in [0.29, 0.717) is 5.75 Å². The molecule has 0 aromatic heterocycles. The van der Waals surface area contributed by atoms with Crippen molar-refractivity contribution in [3.8, 4) is 0 Å². The molecule has 0 spiro atoms. The molecule has 0 saturated carbocycles. The third kappa shape index (κ3) is 1.69. The van der Waals surface area contributed by atoms with Crippen LogP contribution in [0.15, 0.2) is 0 Å². The fraction of sp³-hybridized carbons (Fsp3) is 1.00. The lowest BCUT2D eigenvalue weighted by atomic mass is 10.1. The summed E-state index contributed by atoms with van der Waals surface area (Å²) in [5.41, 5.74) is 0. The molecule has 0 aromatic carbocycles. The van der Waals surface area contributed by atoms with Crippen molar-refractivity contribution < 1.29 is 15.3 Å². The average Bonchev–Trinajstić information content (AvgIpc) is 1.97. The van der Waals surface area contributed by atoms with Crippen LogP contribution in [-0.4, -0.2) is 50.9 Å². The number of aliphatic hydroxyl groups excluding tert-OH is 3. The maximum atomic E-state index is 9.38. The van der Waals surface area contributed by atoms with Crippen molar-refractivity contribution in [2.45, 2.75) is 30.5 Å². The molecule has 0 amide bonds. The SMILES string of the molecule is C[C@H]1[C@@H](O)[C@@H](O)[C@H](O)C[S+]1C. The van der Waals surface area contributed by atoms with Crippen LogP contribution >= 0.6 is 0 Å². The van der Waals surface area contributed by atoms with Crippen molar-refractivity contribution in [1.29, 1.82) is 0 Å². The molecule has 1 rings (SSSR count). The van der Waals surface area contributed by atoms with Gasteiger partial charge in [0.2, 0.25) is 0 Å². The molecule has 0 aromatic rings. The van der Waals surface area contributed by atoms with E-state index in [1.807, 2.05) is 13.2 Å². The lowest BCUT2D eigenvalue weighted by molar-refractivity contribution is -0.0544. The van der Waals surface area contributed by atoms with Crippen LogP contribution in [0, 0.1) is 0 Å². The Hall–Kier alpha value is 0.230. The van der Waals surface area contributed by atoms with Gasteiger partial charge in [0.05, 0.1) is 6.26 Å². The van der Waals surface area contributed by atoms with Crippen molar-refractivity contribution >= 4 is 10.9 Å². The highest BCUT2D eigenvalue weighted by molar-refractivity contribution is 7.96. The Morgan fingerprint density at radius 1 is 1.18 bits per heavy atom. The van der Waals surface area contributed by atoms with Crippen molar-refractivity contribution in [2.75, 3.05) is 12.0 Å². The van der Waals surface area contributed by atoms with Gasteiger partial charge in [-0.25, -0.2) is 0 Å². The van der Waals surface area contributed by atoms with E-state index < -0.39 is 18.3 Å². The molecule has 66 valence electrons. The molecule has 1 unspecified atom stereocenters. The second-order valence-corrected chi connectivity index (χ2v) is 5.57. The van der Waals surface area contributed by atoms with Gasteiger partial charge in [-0.1, -0.05) is 0 Å². The molecule has 11 heavy (non-hydrogen) atoms. The molecule has 0 aliphatic carbocycles. The fourth-order valence-corrected chi connectivity index (χ4v) is 2.94. The lowest BCUT2D eigenvalue weighted by Crippen LogP contribution is -2.54. The van der Waals surface area contributed by atoms with Gasteiger partial charge in [0, 0.05) is 0 Å². The van der Waals surface area contributed by atoms with Gasteiger partial charge in [0.1, 0.15) is 29.3 Å². The van der Waals surface area contributed by atoms with E-state index in [2.05, 4.69) is 0 Å². The molecule has 0 radical (unpaired) electrons. The Balaban J connectivity index is 2.63. The van der Waals surface area contributed by atoms with Crippen LogP contribution in [0.1, 0.15) is 6.92 Å². The first-order chi connectivity index (χ1) is 5.04. The lowest BCUT2D eigenvalue weighted by Gasteiger charge is -2.31. The molecule has 1 aliphatic rings. The Kier molecular flexibility index (Phi) is 2.80. The molecule has 1 saturated heterocycles. The van der Waals surface area contributed by atoms with E-state index in [1.165, 1.54) is 0 Å². The summed E-state index contributed by atoms with van der Waals surface area (Å²) >= 11 is 0. The molecule has 1 aliphatic heterocycles. The molecule has 1 fully saturated rings. The molecule has 5 atom stereocenters. The smallest absolute Gasteiger partial charge is 0.143 e. The quantitative estimate of drug-likeness (QED) is 0.406. The molecule has 1 heterocycles. The second kappa shape index (κ2) is 3.31. The maximum absolute atomic E-state index is 9.38. The highest BCUT2D eigenvalue weighted by Gasteiger charge is 2.44. The van der Waals surface area contributed by atoms with E-state index in [9.17, 15) is 15.3 Å². The Labute approximate surface area is 69.4 Å². The van der Waals surface area contributed by atoms with Crippen LogP contribution in [-0.2, 0) is 10.9 Å². The molecular formula is C7H15O3S+. The average molecular weight is 179 g/mol. The molecular weight excluding hydrogens is 164 g/mol. The van der Waals surface area contributed by atoms with Gasteiger partial charge in [0.15, 0.2) is 0 Å². The van der Waals surface area contributed by atoms with Crippen LogP contribution < -0.4 is 0 Å². The van der Waals surface area contributed by atoms with E-state index in [4.69, 9.17) is 0 Å². The van der Waals surface area contributed by atoms with Crippen molar-refractivity contribution in [2.24, 2.45) is 0 Å². The first-order valence-electron chi connectivity index (χ1n) is 3.69. The summed E-state index contributed by atoms with van der Waals surface area (Å²) in [6.07, 6.45) is -0.446. The number of hydrogen-bond acceptors (Lipinski definition) is 3. The Bertz CT molecular complexity index is 128. The summed E-state index contributed by atoms with van der Waals surface area (Å²) < 4.78 is 0. The van der Waals surface area contributed by atoms with Crippen molar-refractivity contribution in [1.82, 2.24) is 0 Å². The normalized spacial score (nSPS) is 52.6. The van der Waals surface area contributed by atoms with Gasteiger partial charge in [-0.15, -0.1) is 0 Å². The zero-order valence-electron chi connectivity index (χ0n) is 6.77. The van der Waals surface area contributed by atoms with E-state index in [1.54, 1.807) is 0 Å². The maximum Gasteiger partial charge on any atom is 0.143 e. The topological polar surface area (TPSA) is 60.7 Å². The standard InChI is InChI=1S/C7H15O3S/c1-4-6(9)7(10)5(8)3-11(4)2/h4-10H,3H2,1-2H3/q+1/t4-,5+,6+,7-,11?/m0/s1. The van der Waals surface area contributed by atoms with Gasteiger partial charge in [-0.05, 0) is 17.8 Å². The predicted octanol–water partition coefficient (Wildman–Crippen LogP) is -1.28. The van der Waals surface area contributed by atoms with Crippen molar-refractivity contribution in [3.05, 3.63) is 0 Å². The zero-order chi connectivity index (χ0) is 8.59. The first-order valence-corrected chi connectivity index (χ1v) is 5.56. The summed E-state index contributed by atoms with van der Waals surface area (Å²) in [6.45, 7) is 1.91. The summed E-state index contributed by atoms with van der Waals surface area (Å²) in [7, 11) is 0.0242. The molecule has 0 bridgehead atoms. The third-order valence-corrected chi connectivity index (χ3v) is 4.71. The minimum absolute atomic E-state index is 0.0242. The summed E-state index contributed by atoms with van der Waals surface area (Å²) in [6, 6.07) is 0. The number of hydrogen-bond donors (Lipinski definition) is 3. The van der Waals surface area contributed by atoms with Crippen LogP contribution in [0.2, 0.25) is 0 Å². The molecule has 3 N–H and O–H groups in total. The first kappa shape index (κ1) is 9.32. The summed E-state index contributed by atoms with van der Waals surface area (Å²) in [4.78, 5) is 0. The van der Waals surface area contributed by atoms with Gasteiger partial charge in [0.25, 0.3) is 0 Å². The van der Waals surface area contributed by atoms with Crippen LogP contribution in [0.4, 0.5) is 0 Å². The monoisotopic (exact) mass is 179 g/mol. The fourth-order valence-electron chi connectivity index (χ4n) is 1.26. The highest BCUT2D eigenvalue weighted by Crippen LogP contribution is 2.20. The van der Waals surface area contributed by atoms with Crippen LogP contribution in [0.3, 0.4) is 0 Å². The predicted molar refractivity (Wildman–Crippen MR) is 45.6 cm³/mol. The van der Waals surface area contributed by atoms with Gasteiger partial charge < -0.3 is 15.3 Å². The summed E-state index contributed by atoms with van der Waals surface area (Å²) in [5, 5.41) is 28.0. The Morgan fingerprint density at radius 2 is 1.73 bits per heavy atom. The summed E-state index contributed by atoms with van der Waals surface area (Å²) in [5.74, 6) is 0.611. The second-order valence-electron chi connectivity index (χ2n) is 3.11. The molecule has 3 nitrogen and oxygen atoms in total. The van der Waals surface area contributed by atoms with E-state index in [-0.39, 0.29) is 16.1 Å². The Morgan fingerprint density at radius 3 is 2.27 bits per heavy atom. The largest absolute Gasteiger partial charge is 0.387 e. The van der Waals surface area contributed by atoms with Gasteiger partial charge in [-0.2, -0.15) is 0 Å². The third-order valence-electron chi connectivity index (χ3n) is 2.29.